The second-order valence-corrected chi connectivity index (χ2v) is 3.59. The summed E-state index contributed by atoms with van der Waals surface area (Å²) in [6.07, 6.45) is 8.47. The first kappa shape index (κ1) is 18.4. The van der Waals surface area contributed by atoms with Crippen LogP contribution in [0, 0.1) is 0 Å². The summed E-state index contributed by atoms with van der Waals surface area (Å²) in [5.74, 6) is -2.32. The molecule has 0 rings (SSSR count). The van der Waals surface area contributed by atoms with Crippen LogP contribution >= 0.6 is 0 Å². The van der Waals surface area contributed by atoms with E-state index in [4.69, 9.17) is 4.74 Å². The summed E-state index contributed by atoms with van der Waals surface area (Å²) in [5.41, 5.74) is -0.169. The van der Waals surface area contributed by atoms with E-state index in [-0.39, 0.29) is 5.57 Å². The van der Waals surface area contributed by atoms with Crippen LogP contribution < -0.4 is 0 Å². The number of allylic oxidation sites excluding steroid dienone is 3. The molecule has 0 aliphatic heterocycles. The normalized spacial score (nSPS) is 12.0. The summed E-state index contributed by atoms with van der Waals surface area (Å²) in [5, 5.41) is 0. The lowest BCUT2D eigenvalue weighted by atomic mass is 10.2. The van der Waals surface area contributed by atoms with Gasteiger partial charge in [0.25, 0.3) is 0 Å². The molecule has 0 spiro atoms. The van der Waals surface area contributed by atoms with Gasteiger partial charge in [-0.3, -0.25) is 4.79 Å². The first-order valence-corrected chi connectivity index (χ1v) is 6.20. The summed E-state index contributed by atoms with van der Waals surface area (Å²) in [6.45, 7) is 4.97. The molecular weight excluding hydrogens is 276 g/mol. The number of ether oxygens (including phenoxy) is 3. The largest absolute Gasteiger partial charge is 0.435 e. The molecule has 6 heteroatoms. The zero-order chi connectivity index (χ0) is 16.1. The minimum Gasteiger partial charge on any atom is -0.435 e. The quantitative estimate of drug-likeness (QED) is 0.311. The maximum Gasteiger partial charge on any atom is 0.339 e. The Bertz CT molecular complexity index is 482. The molecule has 114 valence electrons. The van der Waals surface area contributed by atoms with Crippen molar-refractivity contribution in [3.63, 3.8) is 0 Å². The molecule has 0 bridgehead atoms. The van der Waals surface area contributed by atoms with Crippen LogP contribution in [0.25, 0.3) is 0 Å². The van der Waals surface area contributed by atoms with Gasteiger partial charge in [-0.05, 0) is 20.8 Å². The average molecular weight is 294 g/mol. The highest BCUT2D eigenvalue weighted by atomic mass is 16.5. The minimum absolute atomic E-state index is 0.169. The van der Waals surface area contributed by atoms with Crippen LogP contribution in [0.15, 0.2) is 48.7 Å². The fourth-order valence-corrected chi connectivity index (χ4v) is 1.04. The first-order valence-electron chi connectivity index (χ1n) is 6.20. The Morgan fingerprint density at radius 3 is 1.90 bits per heavy atom. The van der Waals surface area contributed by atoms with Gasteiger partial charge >= 0.3 is 17.9 Å². The summed E-state index contributed by atoms with van der Waals surface area (Å²) < 4.78 is 14.1. The Balaban J connectivity index is 4.99. The molecule has 0 aliphatic rings. The maximum absolute atomic E-state index is 11.7. The molecule has 6 nitrogen and oxygen atoms in total. The van der Waals surface area contributed by atoms with Crippen LogP contribution in [0.2, 0.25) is 0 Å². The van der Waals surface area contributed by atoms with Crippen molar-refractivity contribution < 1.29 is 28.6 Å². The zero-order valence-electron chi connectivity index (χ0n) is 12.2. The molecule has 0 atom stereocenters. The highest BCUT2D eigenvalue weighted by Gasteiger charge is 2.17. The molecule has 0 unspecified atom stereocenters. The Hall–Kier alpha value is -2.63. The molecule has 21 heavy (non-hydrogen) atoms. The van der Waals surface area contributed by atoms with Crippen molar-refractivity contribution in [2.24, 2.45) is 0 Å². The van der Waals surface area contributed by atoms with Gasteiger partial charge in [0.1, 0.15) is 0 Å². The SMILES string of the molecule is CC=COC(=O)C=C(CC(=O)OC=CC)C(=O)OC=CC. The van der Waals surface area contributed by atoms with E-state index in [0.29, 0.717) is 0 Å². The van der Waals surface area contributed by atoms with Crippen LogP contribution in [-0.4, -0.2) is 17.9 Å². The van der Waals surface area contributed by atoms with E-state index in [1.165, 1.54) is 24.5 Å². The van der Waals surface area contributed by atoms with Crippen LogP contribution in [-0.2, 0) is 28.6 Å². The second kappa shape index (κ2) is 11.2. The monoisotopic (exact) mass is 294 g/mol. The average Bonchev–Trinajstić information content (AvgIpc) is 2.47. The molecular formula is C15H18O6. The molecule has 0 amide bonds. The molecule has 0 saturated heterocycles. The lowest BCUT2D eigenvalue weighted by molar-refractivity contribution is -0.140. The van der Waals surface area contributed by atoms with Crippen molar-refractivity contribution in [1.82, 2.24) is 0 Å². The molecule has 0 N–H and O–H groups in total. The van der Waals surface area contributed by atoms with E-state index < -0.39 is 24.3 Å². The third-order valence-corrected chi connectivity index (χ3v) is 1.86. The predicted molar refractivity (Wildman–Crippen MR) is 75.4 cm³/mol. The van der Waals surface area contributed by atoms with Gasteiger partial charge in [-0.25, -0.2) is 9.59 Å². The van der Waals surface area contributed by atoms with Crippen molar-refractivity contribution in [3.8, 4) is 0 Å². The van der Waals surface area contributed by atoms with Gasteiger partial charge < -0.3 is 14.2 Å². The Labute approximate surface area is 123 Å². The number of carbonyl (C=O) groups excluding carboxylic acids is 3. The highest BCUT2D eigenvalue weighted by Crippen LogP contribution is 2.08. The maximum atomic E-state index is 11.7. The fraction of sp³-hybridized carbons (Fsp3) is 0.267. The predicted octanol–water partition coefficient (Wildman–Crippen LogP) is 2.53. The molecule has 0 heterocycles. The van der Waals surface area contributed by atoms with Gasteiger partial charge in [-0.15, -0.1) is 0 Å². The zero-order valence-corrected chi connectivity index (χ0v) is 12.2. The van der Waals surface area contributed by atoms with Crippen LogP contribution in [0.3, 0.4) is 0 Å². The van der Waals surface area contributed by atoms with Crippen LogP contribution in [0.1, 0.15) is 27.2 Å². The first-order chi connectivity index (χ1) is 10.0. The van der Waals surface area contributed by atoms with Crippen molar-refractivity contribution in [1.29, 1.82) is 0 Å². The second-order valence-electron chi connectivity index (χ2n) is 3.59. The van der Waals surface area contributed by atoms with E-state index in [1.54, 1.807) is 20.8 Å². The van der Waals surface area contributed by atoms with E-state index >= 15 is 0 Å². The van der Waals surface area contributed by atoms with Gasteiger partial charge in [0.15, 0.2) is 0 Å². The number of hydrogen-bond donors (Lipinski definition) is 0. The standard InChI is InChI=1S/C15H18O6/c1-4-7-19-13(16)10-12(15(18)21-9-6-3)11-14(17)20-8-5-2/h4-10H,11H2,1-3H3. The molecule has 0 aliphatic carbocycles. The fourth-order valence-electron chi connectivity index (χ4n) is 1.04. The number of carbonyl (C=O) groups is 3. The molecule has 0 aromatic rings. The van der Waals surface area contributed by atoms with Crippen molar-refractivity contribution in [2.75, 3.05) is 0 Å². The lowest BCUT2D eigenvalue weighted by Crippen LogP contribution is -2.12. The molecule has 0 aromatic heterocycles. The molecule has 0 radical (unpaired) electrons. The summed E-state index contributed by atoms with van der Waals surface area (Å²) in [7, 11) is 0. The Morgan fingerprint density at radius 2 is 1.33 bits per heavy atom. The van der Waals surface area contributed by atoms with E-state index in [9.17, 15) is 14.4 Å². The number of rotatable bonds is 7. The number of hydrogen-bond acceptors (Lipinski definition) is 6. The van der Waals surface area contributed by atoms with Crippen molar-refractivity contribution in [3.05, 3.63) is 48.7 Å². The van der Waals surface area contributed by atoms with Crippen LogP contribution in [0.4, 0.5) is 0 Å². The smallest absolute Gasteiger partial charge is 0.339 e. The van der Waals surface area contributed by atoms with Gasteiger partial charge in [0, 0.05) is 6.08 Å². The van der Waals surface area contributed by atoms with E-state index in [0.717, 1.165) is 18.6 Å². The van der Waals surface area contributed by atoms with E-state index in [1.807, 2.05) is 0 Å². The van der Waals surface area contributed by atoms with Crippen LogP contribution in [0.5, 0.6) is 0 Å². The minimum atomic E-state index is -0.831. The number of esters is 3. The van der Waals surface area contributed by atoms with E-state index in [2.05, 4.69) is 9.47 Å². The summed E-state index contributed by atoms with van der Waals surface area (Å²) in [4.78, 5) is 34.7. The van der Waals surface area contributed by atoms with Gasteiger partial charge in [0.05, 0.1) is 30.8 Å². The Morgan fingerprint density at radius 1 is 0.810 bits per heavy atom. The molecule has 0 saturated carbocycles. The topological polar surface area (TPSA) is 78.9 Å². The Kier molecular flexibility index (Phi) is 9.81. The molecule has 0 aromatic carbocycles. The van der Waals surface area contributed by atoms with Gasteiger partial charge in [-0.1, -0.05) is 18.2 Å². The third-order valence-electron chi connectivity index (χ3n) is 1.86. The summed E-state index contributed by atoms with van der Waals surface area (Å²) >= 11 is 0. The third kappa shape index (κ3) is 8.99. The van der Waals surface area contributed by atoms with Gasteiger partial charge in [-0.2, -0.15) is 0 Å². The lowest BCUT2D eigenvalue weighted by Gasteiger charge is -2.04. The van der Waals surface area contributed by atoms with Gasteiger partial charge in [0.2, 0.25) is 0 Å². The van der Waals surface area contributed by atoms with Crippen molar-refractivity contribution in [2.45, 2.75) is 27.2 Å². The summed E-state index contributed by atoms with van der Waals surface area (Å²) in [6, 6.07) is 0. The van der Waals surface area contributed by atoms with Crippen molar-refractivity contribution >= 4 is 17.9 Å². The molecule has 0 fully saturated rings. The highest BCUT2D eigenvalue weighted by molar-refractivity contribution is 6.00.